The molecule has 9 nitrogen and oxygen atoms in total. The van der Waals surface area contributed by atoms with Crippen LogP contribution in [0.15, 0.2) is 30.6 Å². The number of carbonyl (C=O) groups excluding carboxylic acids is 1. The second-order valence-corrected chi connectivity index (χ2v) is 7.85. The average Bonchev–Trinajstić information content (AvgIpc) is 3.18. The van der Waals surface area contributed by atoms with Crippen molar-refractivity contribution in [3.05, 3.63) is 30.6 Å². The number of rotatable bonds is 5. The number of imidazole rings is 1. The lowest BCUT2D eigenvalue weighted by Crippen LogP contribution is -2.28. The zero-order valence-electron chi connectivity index (χ0n) is 17.5. The third-order valence-electron chi connectivity index (χ3n) is 5.63. The molecule has 1 aliphatic rings. The maximum Gasteiger partial charge on any atom is 0.228 e. The van der Waals surface area contributed by atoms with E-state index in [-0.39, 0.29) is 17.9 Å². The molecule has 1 saturated carbocycles. The first-order valence-corrected chi connectivity index (χ1v) is 10.1. The number of carbonyl (C=O) groups is 1. The molecule has 0 spiro atoms. The summed E-state index contributed by atoms with van der Waals surface area (Å²) < 4.78 is 7.30. The Morgan fingerprint density at radius 3 is 2.70 bits per heavy atom. The van der Waals surface area contributed by atoms with Crippen LogP contribution in [0.4, 0.5) is 17.5 Å². The molecular formula is C21H27N7O2. The fourth-order valence-corrected chi connectivity index (χ4v) is 3.95. The van der Waals surface area contributed by atoms with Crippen LogP contribution in [0.1, 0.15) is 31.7 Å². The van der Waals surface area contributed by atoms with Gasteiger partial charge in [-0.15, -0.1) is 0 Å². The van der Waals surface area contributed by atoms with Gasteiger partial charge in [0.05, 0.1) is 13.4 Å². The normalized spacial score (nSPS) is 18.9. The van der Waals surface area contributed by atoms with Gasteiger partial charge in [0.15, 0.2) is 11.5 Å². The molecule has 158 valence electrons. The van der Waals surface area contributed by atoms with E-state index in [1.54, 1.807) is 13.4 Å². The number of anilines is 3. The molecule has 2 aromatic heterocycles. The van der Waals surface area contributed by atoms with E-state index in [4.69, 9.17) is 10.5 Å². The lowest BCUT2D eigenvalue weighted by molar-refractivity contribution is -0.120. The third kappa shape index (κ3) is 3.87. The summed E-state index contributed by atoms with van der Waals surface area (Å²) >= 11 is 0. The molecular weight excluding hydrogens is 382 g/mol. The number of ether oxygens (including phenoxy) is 1. The van der Waals surface area contributed by atoms with Gasteiger partial charge in [-0.1, -0.05) is 6.07 Å². The fraction of sp³-hybridized carbons (Fsp3) is 0.429. The van der Waals surface area contributed by atoms with Crippen LogP contribution in [0.2, 0.25) is 0 Å². The molecule has 0 unspecified atom stereocenters. The Morgan fingerprint density at radius 1 is 1.23 bits per heavy atom. The van der Waals surface area contributed by atoms with Gasteiger partial charge in [0.1, 0.15) is 11.3 Å². The van der Waals surface area contributed by atoms with Gasteiger partial charge in [0.2, 0.25) is 11.9 Å². The lowest BCUT2D eigenvalue weighted by atomic mass is 9.85. The van der Waals surface area contributed by atoms with Gasteiger partial charge < -0.3 is 25.3 Å². The van der Waals surface area contributed by atoms with E-state index in [1.165, 1.54) is 0 Å². The number of fused-ring (bicyclic) bond motifs is 1. The second-order valence-electron chi connectivity index (χ2n) is 7.85. The zero-order valence-corrected chi connectivity index (χ0v) is 17.5. The molecule has 1 fully saturated rings. The molecule has 9 heteroatoms. The summed E-state index contributed by atoms with van der Waals surface area (Å²) in [5.41, 5.74) is 8.20. The fourth-order valence-electron chi connectivity index (χ4n) is 3.95. The van der Waals surface area contributed by atoms with Crippen LogP contribution in [0.25, 0.3) is 11.2 Å². The van der Waals surface area contributed by atoms with Crippen LogP contribution in [0.3, 0.4) is 0 Å². The Kier molecular flexibility index (Phi) is 5.43. The van der Waals surface area contributed by atoms with E-state index in [2.05, 4.69) is 24.8 Å². The molecule has 1 aliphatic carbocycles. The average molecular weight is 409 g/mol. The van der Waals surface area contributed by atoms with Crippen LogP contribution in [0, 0.1) is 5.92 Å². The number of amides is 1. The van der Waals surface area contributed by atoms with Crippen molar-refractivity contribution < 1.29 is 9.53 Å². The van der Waals surface area contributed by atoms with E-state index in [0.29, 0.717) is 17.3 Å². The van der Waals surface area contributed by atoms with E-state index >= 15 is 0 Å². The molecule has 1 aromatic carbocycles. The number of aromatic nitrogens is 4. The lowest BCUT2D eigenvalue weighted by Gasteiger charge is -2.29. The summed E-state index contributed by atoms with van der Waals surface area (Å²) in [4.78, 5) is 27.9. The van der Waals surface area contributed by atoms with Crippen LogP contribution >= 0.6 is 0 Å². The van der Waals surface area contributed by atoms with Crippen LogP contribution in [-0.2, 0) is 4.79 Å². The first kappa shape index (κ1) is 19.9. The van der Waals surface area contributed by atoms with Crippen molar-refractivity contribution in [3.63, 3.8) is 0 Å². The van der Waals surface area contributed by atoms with Crippen molar-refractivity contribution in [2.45, 2.75) is 31.7 Å². The Balaban J connectivity index is 1.45. The summed E-state index contributed by atoms with van der Waals surface area (Å²) in [6, 6.07) is 7.66. The van der Waals surface area contributed by atoms with Crippen LogP contribution < -0.4 is 20.7 Å². The van der Waals surface area contributed by atoms with Crippen LogP contribution in [-0.4, -0.2) is 46.6 Å². The van der Waals surface area contributed by atoms with Gasteiger partial charge >= 0.3 is 0 Å². The highest BCUT2D eigenvalue weighted by atomic mass is 16.5. The number of benzene rings is 1. The summed E-state index contributed by atoms with van der Waals surface area (Å²) in [5, 5.41) is 3.01. The maximum absolute atomic E-state index is 12.7. The monoisotopic (exact) mass is 409 g/mol. The van der Waals surface area contributed by atoms with Gasteiger partial charge in [0.25, 0.3) is 0 Å². The number of hydrogen-bond acceptors (Lipinski definition) is 7. The standard InChI is InChI=1S/C21H27N7O2/c1-27(2)21-25-18(22)17-19(26-21)28(12-23-17)15-9-7-13(8-10-15)20(29)24-14-5-4-6-16(11-14)30-3/h4-6,11-13,15H,7-10H2,1-3H3,(H,24,29)(H2,22,25,26). The maximum atomic E-state index is 12.7. The topological polar surface area (TPSA) is 111 Å². The van der Waals surface area contributed by atoms with Crippen LogP contribution in [0.5, 0.6) is 5.75 Å². The SMILES string of the molecule is COc1cccc(NC(=O)C2CCC(n3cnc4c(N)nc(N(C)C)nc43)CC2)c1. The summed E-state index contributed by atoms with van der Waals surface area (Å²) in [6.45, 7) is 0. The van der Waals surface area contributed by atoms with Gasteiger partial charge in [-0.25, -0.2) is 4.98 Å². The highest BCUT2D eigenvalue weighted by Gasteiger charge is 2.28. The van der Waals surface area contributed by atoms with Crippen molar-refractivity contribution in [1.82, 2.24) is 19.5 Å². The molecule has 1 amide bonds. The Morgan fingerprint density at radius 2 is 2.00 bits per heavy atom. The van der Waals surface area contributed by atoms with E-state index in [9.17, 15) is 4.79 Å². The van der Waals surface area contributed by atoms with Crippen molar-refractivity contribution in [2.24, 2.45) is 5.92 Å². The number of nitrogens with one attached hydrogen (secondary N) is 1. The van der Waals surface area contributed by atoms with Gasteiger partial charge in [0, 0.05) is 37.8 Å². The minimum Gasteiger partial charge on any atom is -0.497 e. The Bertz CT molecular complexity index is 1050. The molecule has 3 N–H and O–H groups in total. The minimum atomic E-state index is -0.0146. The summed E-state index contributed by atoms with van der Waals surface area (Å²) in [6.07, 6.45) is 5.16. The van der Waals surface area contributed by atoms with Gasteiger partial charge in [-0.3, -0.25) is 4.79 Å². The summed E-state index contributed by atoms with van der Waals surface area (Å²) in [7, 11) is 5.38. The number of nitrogens with two attached hydrogens (primary N) is 1. The molecule has 0 saturated heterocycles. The molecule has 0 bridgehead atoms. The predicted molar refractivity (Wildman–Crippen MR) is 117 cm³/mol. The molecule has 3 aromatic rings. The quantitative estimate of drug-likeness (QED) is 0.666. The minimum absolute atomic E-state index is 0.0146. The molecule has 2 heterocycles. The first-order chi connectivity index (χ1) is 14.5. The van der Waals surface area contributed by atoms with Crippen molar-refractivity contribution in [3.8, 4) is 5.75 Å². The van der Waals surface area contributed by atoms with E-state index < -0.39 is 0 Å². The van der Waals surface area contributed by atoms with Gasteiger partial charge in [-0.05, 0) is 37.8 Å². The number of methoxy groups -OCH3 is 1. The Labute approximate surface area is 175 Å². The van der Waals surface area contributed by atoms with E-state index in [0.717, 1.165) is 42.8 Å². The first-order valence-electron chi connectivity index (χ1n) is 10.1. The smallest absolute Gasteiger partial charge is 0.228 e. The molecule has 0 aliphatic heterocycles. The largest absolute Gasteiger partial charge is 0.497 e. The predicted octanol–water partition coefficient (Wildman–Crippen LogP) is 2.85. The molecule has 4 rings (SSSR count). The van der Waals surface area contributed by atoms with Gasteiger partial charge in [-0.2, -0.15) is 9.97 Å². The highest BCUT2D eigenvalue weighted by Crippen LogP contribution is 2.35. The number of nitrogens with zero attached hydrogens (tertiary/aromatic N) is 5. The zero-order chi connectivity index (χ0) is 21.3. The second kappa shape index (κ2) is 8.17. The van der Waals surface area contributed by atoms with E-state index in [1.807, 2.05) is 43.3 Å². The highest BCUT2D eigenvalue weighted by molar-refractivity contribution is 5.92. The summed E-state index contributed by atoms with van der Waals surface area (Å²) in [5.74, 6) is 1.71. The molecule has 0 atom stereocenters. The molecule has 30 heavy (non-hydrogen) atoms. The Hall–Kier alpha value is -3.36. The number of hydrogen-bond donors (Lipinski definition) is 2. The third-order valence-corrected chi connectivity index (χ3v) is 5.63. The molecule has 0 radical (unpaired) electrons. The van der Waals surface area contributed by atoms with Crippen molar-refractivity contribution >= 4 is 34.5 Å². The number of nitrogen functional groups attached to an aromatic ring is 1. The van der Waals surface area contributed by atoms with Crippen molar-refractivity contribution in [2.75, 3.05) is 37.2 Å². The van der Waals surface area contributed by atoms with Crippen molar-refractivity contribution in [1.29, 1.82) is 0 Å².